The smallest absolute Gasteiger partial charge is 0.0950 e. The van der Waals surface area contributed by atoms with Gasteiger partial charge >= 0.3 is 0 Å². The molecule has 92 valence electrons. The van der Waals surface area contributed by atoms with Crippen LogP contribution in [0.25, 0.3) is 0 Å². The van der Waals surface area contributed by atoms with Crippen LogP contribution < -0.4 is 5.73 Å². The summed E-state index contributed by atoms with van der Waals surface area (Å²) < 4.78 is 6.97. The molecule has 0 saturated carbocycles. The minimum Gasteiger partial charge on any atom is -0.472 e. The van der Waals surface area contributed by atoms with E-state index in [0.29, 0.717) is 0 Å². The molecular formula is C13H19N3O. The van der Waals surface area contributed by atoms with Crippen LogP contribution in [0.4, 0.5) is 0 Å². The molecule has 2 aromatic heterocycles. The highest BCUT2D eigenvalue weighted by atomic mass is 16.3. The van der Waals surface area contributed by atoms with Gasteiger partial charge in [-0.25, -0.2) is 0 Å². The van der Waals surface area contributed by atoms with Gasteiger partial charge in [-0.1, -0.05) is 0 Å². The van der Waals surface area contributed by atoms with Gasteiger partial charge in [0.15, 0.2) is 0 Å². The van der Waals surface area contributed by atoms with Crippen LogP contribution in [0.3, 0.4) is 0 Å². The number of hydrogen-bond acceptors (Lipinski definition) is 3. The molecule has 0 aliphatic heterocycles. The van der Waals surface area contributed by atoms with Crippen molar-refractivity contribution in [1.29, 1.82) is 0 Å². The number of rotatable bonds is 4. The zero-order chi connectivity index (χ0) is 12.4. The topological polar surface area (TPSA) is 57.0 Å². The molecule has 0 saturated heterocycles. The van der Waals surface area contributed by atoms with Crippen LogP contribution in [0.5, 0.6) is 0 Å². The first-order valence-corrected chi connectivity index (χ1v) is 5.86. The van der Waals surface area contributed by atoms with E-state index in [1.165, 1.54) is 11.3 Å². The molecule has 0 aliphatic carbocycles. The Balaban J connectivity index is 2.03. The van der Waals surface area contributed by atoms with Crippen molar-refractivity contribution in [2.75, 3.05) is 0 Å². The molecule has 1 atom stereocenters. The van der Waals surface area contributed by atoms with Crippen LogP contribution in [0.2, 0.25) is 0 Å². The molecule has 0 spiro atoms. The fourth-order valence-corrected chi connectivity index (χ4v) is 2.13. The van der Waals surface area contributed by atoms with E-state index >= 15 is 0 Å². The van der Waals surface area contributed by atoms with E-state index < -0.39 is 0 Å². The van der Waals surface area contributed by atoms with E-state index in [1.54, 1.807) is 12.5 Å². The SMILES string of the molecule is Cc1nn(C)c(C)c1CCC(N)c1ccoc1. The first kappa shape index (κ1) is 11.9. The Labute approximate surface area is 101 Å². The maximum absolute atomic E-state index is 6.11. The zero-order valence-electron chi connectivity index (χ0n) is 10.6. The molecule has 2 N–H and O–H groups in total. The fraction of sp³-hybridized carbons (Fsp3) is 0.462. The Morgan fingerprint density at radius 2 is 2.24 bits per heavy atom. The molecule has 0 fully saturated rings. The standard InChI is InChI=1S/C13H19N3O/c1-9-12(10(2)16(3)15-9)4-5-13(14)11-6-7-17-8-11/h6-8,13H,4-5,14H2,1-3H3. The van der Waals surface area contributed by atoms with Crippen LogP contribution >= 0.6 is 0 Å². The van der Waals surface area contributed by atoms with Gasteiger partial charge in [0.2, 0.25) is 0 Å². The van der Waals surface area contributed by atoms with Gasteiger partial charge in [0.05, 0.1) is 18.2 Å². The Kier molecular flexibility index (Phi) is 3.33. The Hall–Kier alpha value is -1.55. The lowest BCUT2D eigenvalue weighted by atomic mass is 10.0. The van der Waals surface area contributed by atoms with Gasteiger partial charge in [-0.2, -0.15) is 5.10 Å². The Morgan fingerprint density at radius 1 is 1.47 bits per heavy atom. The second-order valence-corrected chi connectivity index (χ2v) is 4.47. The van der Waals surface area contributed by atoms with Crippen molar-refractivity contribution in [1.82, 2.24) is 9.78 Å². The largest absolute Gasteiger partial charge is 0.472 e. The van der Waals surface area contributed by atoms with Gasteiger partial charge in [-0.15, -0.1) is 0 Å². The van der Waals surface area contributed by atoms with Gasteiger partial charge in [0.25, 0.3) is 0 Å². The third-order valence-corrected chi connectivity index (χ3v) is 3.34. The van der Waals surface area contributed by atoms with E-state index in [1.807, 2.05) is 24.7 Å². The first-order valence-electron chi connectivity index (χ1n) is 5.86. The quantitative estimate of drug-likeness (QED) is 0.881. The second kappa shape index (κ2) is 4.75. The molecule has 0 bridgehead atoms. The normalized spacial score (nSPS) is 12.9. The van der Waals surface area contributed by atoms with E-state index in [4.69, 9.17) is 10.2 Å². The predicted octanol–water partition coefficient (Wildman–Crippen LogP) is 2.26. The summed E-state index contributed by atoms with van der Waals surface area (Å²) in [5.41, 5.74) is 10.8. The number of aryl methyl sites for hydroxylation is 2. The third kappa shape index (κ3) is 2.42. The highest BCUT2D eigenvalue weighted by Gasteiger charge is 2.12. The van der Waals surface area contributed by atoms with Gasteiger partial charge < -0.3 is 10.2 Å². The molecule has 17 heavy (non-hydrogen) atoms. The summed E-state index contributed by atoms with van der Waals surface area (Å²) in [7, 11) is 1.97. The van der Waals surface area contributed by atoms with Crippen LogP contribution in [0.1, 0.15) is 35.0 Å². The molecule has 4 nitrogen and oxygen atoms in total. The fourth-order valence-electron chi connectivity index (χ4n) is 2.13. The van der Waals surface area contributed by atoms with Gasteiger partial charge in [0, 0.05) is 24.3 Å². The Morgan fingerprint density at radius 3 is 2.76 bits per heavy atom. The lowest BCUT2D eigenvalue weighted by Gasteiger charge is -2.09. The molecule has 0 aliphatic rings. The molecule has 2 rings (SSSR count). The van der Waals surface area contributed by atoms with Crippen molar-refractivity contribution in [2.24, 2.45) is 12.8 Å². The highest BCUT2D eigenvalue weighted by molar-refractivity contribution is 5.25. The van der Waals surface area contributed by atoms with Crippen molar-refractivity contribution in [3.63, 3.8) is 0 Å². The molecule has 0 amide bonds. The Bertz CT molecular complexity index is 485. The number of nitrogens with two attached hydrogens (primary N) is 1. The van der Waals surface area contributed by atoms with Gasteiger partial charge in [-0.3, -0.25) is 4.68 Å². The predicted molar refractivity (Wildman–Crippen MR) is 66.6 cm³/mol. The van der Waals surface area contributed by atoms with E-state index in [0.717, 1.165) is 24.1 Å². The lowest BCUT2D eigenvalue weighted by Crippen LogP contribution is -2.10. The average molecular weight is 233 g/mol. The minimum absolute atomic E-state index is 0.0350. The molecule has 2 heterocycles. The van der Waals surface area contributed by atoms with Crippen molar-refractivity contribution >= 4 is 0 Å². The average Bonchev–Trinajstić information content (AvgIpc) is 2.88. The van der Waals surface area contributed by atoms with Crippen molar-refractivity contribution in [3.05, 3.63) is 41.1 Å². The summed E-state index contributed by atoms with van der Waals surface area (Å²) in [5, 5.41) is 4.41. The van der Waals surface area contributed by atoms with Crippen LogP contribution in [-0.2, 0) is 13.5 Å². The maximum Gasteiger partial charge on any atom is 0.0950 e. The number of aromatic nitrogens is 2. The zero-order valence-corrected chi connectivity index (χ0v) is 10.6. The highest BCUT2D eigenvalue weighted by Crippen LogP contribution is 2.20. The van der Waals surface area contributed by atoms with E-state index in [-0.39, 0.29) is 6.04 Å². The van der Waals surface area contributed by atoms with Gasteiger partial charge in [0.1, 0.15) is 0 Å². The number of furan rings is 1. The molecular weight excluding hydrogens is 214 g/mol. The van der Waals surface area contributed by atoms with E-state index in [9.17, 15) is 0 Å². The summed E-state index contributed by atoms with van der Waals surface area (Å²) in [6.07, 6.45) is 5.24. The van der Waals surface area contributed by atoms with Crippen LogP contribution in [-0.4, -0.2) is 9.78 Å². The monoisotopic (exact) mass is 233 g/mol. The first-order chi connectivity index (χ1) is 8.09. The number of nitrogens with zero attached hydrogens (tertiary/aromatic N) is 2. The van der Waals surface area contributed by atoms with Crippen molar-refractivity contribution in [2.45, 2.75) is 32.7 Å². The van der Waals surface area contributed by atoms with Crippen molar-refractivity contribution in [3.8, 4) is 0 Å². The van der Waals surface area contributed by atoms with Crippen LogP contribution in [0, 0.1) is 13.8 Å². The molecule has 0 radical (unpaired) electrons. The summed E-state index contributed by atoms with van der Waals surface area (Å²) >= 11 is 0. The van der Waals surface area contributed by atoms with Gasteiger partial charge in [-0.05, 0) is 38.3 Å². The maximum atomic E-state index is 6.11. The van der Waals surface area contributed by atoms with E-state index in [2.05, 4.69) is 12.0 Å². The molecule has 2 aromatic rings. The lowest BCUT2D eigenvalue weighted by molar-refractivity contribution is 0.554. The molecule has 1 unspecified atom stereocenters. The summed E-state index contributed by atoms with van der Waals surface area (Å²) in [6.45, 7) is 4.14. The summed E-state index contributed by atoms with van der Waals surface area (Å²) in [6, 6.07) is 1.96. The summed E-state index contributed by atoms with van der Waals surface area (Å²) in [4.78, 5) is 0. The van der Waals surface area contributed by atoms with Crippen molar-refractivity contribution < 1.29 is 4.42 Å². The number of hydrogen-bond donors (Lipinski definition) is 1. The van der Waals surface area contributed by atoms with Crippen LogP contribution in [0.15, 0.2) is 23.0 Å². The summed E-state index contributed by atoms with van der Waals surface area (Å²) in [5.74, 6) is 0. The minimum atomic E-state index is 0.0350. The second-order valence-electron chi connectivity index (χ2n) is 4.47. The third-order valence-electron chi connectivity index (χ3n) is 3.34. The molecule has 4 heteroatoms. The molecule has 0 aromatic carbocycles.